The monoisotopic (exact) mass is 361 g/mol. The van der Waals surface area contributed by atoms with Gasteiger partial charge in [0.2, 0.25) is 0 Å². The fraction of sp³-hybridized carbons (Fsp3) is 0.167. The van der Waals surface area contributed by atoms with Gasteiger partial charge in [0.25, 0.3) is 5.69 Å². The number of nitro groups is 1. The van der Waals surface area contributed by atoms with Gasteiger partial charge in [-0.15, -0.1) is 0 Å². The molecule has 0 saturated heterocycles. The number of esters is 1. The summed E-state index contributed by atoms with van der Waals surface area (Å²) in [6.45, 7) is 3.73. The molecular weight excluding hydrogens is 346 g/mol. The first-order chi connectivity index (χ1) is 11.9. The number of aliphatic hydroxyl groups excluding tert-OH is 1. The molecule has 2 rings (SSSR count). The summed E-state index contributed by atoms with van der Waals surface area (Å²) in [6.07, 6.45) is -1.19. The van der Waals surface area contributed by atoms with Gasteiger partial charge >= 0.3 is 5.97 Å². The van der Waals surface area contributed by atoms with Gasteiger partial charge in [-0.3, -0.25) is 10.1 Å². The highest BCUT2D eigenvalue weighted by Gasteiger charge is 2.31. The smallest absolute Gasteiger partial charge is 0.333 e. The number of methoxy groups -OCH3 is 1. The van der Waals surface area contributed by atoms with Gasteiger partial charge in [-0.25, -0.2) is 4.79 Å². The second kappa shape index (κ2) is 7.92. The zero-order chi connectivity index (χ0) is 18.6. The molecule has 2 aromatic rings. The first-order valence-corrected chi connectivity index (χ1v) is 7.68. The summed E-state index contributed by atoms with van der Waals surface area (Å²) in [5.41, 5.74) is 0.824. The zero-order valence-electron chi connectivity index (χ0n) is 13.4. The Kier molecular flexibility index (Phi) is 5.90. The molecule has 0 aliphatic carbocycles. The number of nitrogens with zero attached hydrogens (tertiary/aromatic N) is 1. The van der Waals surface area contributed by atoms with Crippen LogP contribution in [0.2, 0.25) is 5.02 Å². The van der Waals surface area contributed by atoms with Crippen molar-refractivity contribution in [2.75, 3.05) is 7.11 Å². The molecule has 0 amide bonds. The maximum Gasteiger partial charge on any atom is 0.333 e. The lowest BCUT2D eigenvalue weighted by atomic mass is 9.83. The van der Waals surface area contributed by atoms with Crippen LogP contribution in [0.3, 0.4) is 0 Å². The highest BCUT2D eigenvalue weighted by molar-refractivity contribution is 6.31. The Morgan fingerprint density at radius 1 is 1.24 bits per heavy atom. The summed E-state index contributed by atoms with van der Waals surface area (Å²) in [5.74, 6) is -1.53. The van der Waals surface area contributed by atoms with E-state index in [0.717, 1.165) is 0 Å². The van der Waals surface area contributed by atoms with E-state index in [2.05, 4.69) is 6.58 Å². The number of carbonyl (C=O) groups excluding carboxylic acids is 1. The third kappa shape index (κ3) is 4.04. The van der Waals surface area contributed by atoms with E-state index in [1.165, 1.54) is 31.4 Å². The van der Waals surface area contributed by atoms with E-state index < -0.39 is 22.9 Å². The SMILES string of the molecule is C=C(C(=O)OC)[C@@H](c1ccccc1Cl)[C@H](O)c1ccc([N+](=O)[O-])cc1. The molecule has 0 aliphatic heterocycles. The molecule has 0 aromatic heterocycles. The van der Waals surface area contributed by atoms with Crippen LogP contribution >= 0.6 is 11.6 Å². The Labute approximate surface area is 149 Å². The lowest BCUT2D eigenvalue weighted by Gasteiger charge is -2.25. The van der Waals surface area contributed by atoms with E-state index in [9.17, 15) is 20.0 Å². The number of aliphatic hydroxyl groups is 1. The Balaban J connectivity index is 2.47. The van der Waals surface area contributed by atoms with Crippen LogP contribution in [0.5, 0.6) is 0 Å². The Morgan fingerprint density at radius 3 is 2.36 bits per heavy atom. The van der Waals surface area contributed by atoms with Crippen molar-refractivity contribution in [1.82, 2.24) is 0 Å². The average molecular weight is 362 g/mol. The van der Waals surface area contributed by atoms with Crippen molar-refractivity contribution in [3.63, 3.8) is 0 Å². The summed E-state index contributed by atoms with van der Waals surface area (Å²) in [7, 11) is 1.22. The lowest BCUT2D eigenvalue weighted by Crippen LogP contribution is -2.19. The number of benzene rings is 2. The van der Waals surface area contributed by atoms with Crippen molar-refractivity contribution < 1.29 is 19.6 Å². The average Bonchev–Trinajstić information content (AvgIpc) is 2.62. The Bertz CT molecular complexity index is 803. The number of hydrogen-bond acceptors (Lipinski definition) is 5. The van der Waals surface area contributed by atoms with Crippen molar-refractivity contribution >= 4 is 23.3 Å². The van der Waals surface area contributed by atoms with E-state index in [-0.39, 0.29) is 11.3 Å². The second-order valence-corrected chi connectivity index (χ2v) is 5.72. The fourth-order valence-corrected chi connectivity index (χ4v) is 2.77. The molecular formula is C18H16ClNO5. The molecule has 2 aromatic carbocycles. The number of rotatable bonds is 6. The predicted octanol–water partition coefficient (Wildman–Crippen LogP) is 3.79. The zero-order valence-corrected chi connectivity index (χ0v) is 14.1. The van der Waals surface area contributed by atoms with Crippen molar-refractivity contribution in [3.8, 4) is 0 Å². The number of nitro benzene ring substituents is 1. The van der Waals surface area contributed by atoms with Crippen LogP contribution < -0.4 is 0 Å². The van der Waals surface area contributed by atoms with Crippen LogP contribution in [-0.2, 0) is 9.53 Å². The van der Waals surface area contributed by atoms with Crippen molar-refractivity contribution in [3.05, 3.63) is 86.9 Å². The van der Waals surface area contributed by atoms with Gasteiger partial charge < -0.3 is 9.84 Å². The van der Waals surface area contributed by atoms with Crippen LogP contribution in [0.15, 0.2) is 60.7 Å². The van der Waals surface area contributed by atoms with E-state index in [1.54, 1.807) is 24.3 Å². The Hall–Kier alpha value is -2.70. The molecule has 0 heterocycles. The van der Waals surface area contributed by atoms with Crippen LogP contribution in [0.25, 0.3) is 0 Å². The topological polar surface area (TPSA) is 89.7 Å². The largest absolute Gasteiger partial charge is 0.466 e. The first kappa shape index (κ1) is 18.6. The van der Waals surface area contributed by atoms with Crippen molar-refractivity contribution in [2.45, 2.75) is 12.0 Å². The van der Waals surface area contributed by atoms with Gasteiger partial charge in [-0.1, -0.05) is 36.4 Å². The van der Waals surface area contributed by atoms with Crippen LogP contribution in [0.4, 0.5) is 5.69 Å². The first-order valence-electron chi connectivity index (χ1n) is 7.30. The molecule has 0 aliphatic rings. The summed E-state index contributed by atoms with van der Waals surface area (Å²) >= 11 is 6.22. The standard InChI is InChI=1S/C18H16ClNO5/c1-11(18(22)25-2)16(14-5-3-4-6-15(14)19)17(21)12-7-9-13(10-8-12)20(23)24/h3-10,16-17,21H,1H2,2H3/t16-,17+/m0/s1. The van der Waals surface area contributed by atoms with Crippen molar-refractivity contribution in [2.24, 2.45) is 0 Å². The molecule has 1 N–H and O–H groups in total. The van der Waals surface area contributed by atoms with Crippen LogP contribution in [0.1, 0.15) is 23.1 Å². The molecule has 0 radical (unpaired) electrons. The van der Waals surface area contributed by atoms with Gasteiger partial charge in [0.1, 0.15) is 0 Å². The fourth-order valence-electron chi connectivity index (χ4n) is 2.52. The normalized spacial score (nSPS) is 12.9. The molecule has 0 spiro atoms. The summed E-state index contributed by atoms with van der Waals surface area (Å²) < 4.78 is 4.71. The molecule has 0 saturated carbocycles. The molecule has 130 valence electrons. The van der Waals surface area contributed by atoms with E-state index in [1.807, 2.05) is 0 Å². The molecule has 7 heteroatoms. The number of non-ortho nitro benzene ring substituents is 1. The van der Waals surface area contributed by atoms with E-state index >= 15 is 0 Å². The Morgan fingerprint density at radius 2 is 1.84 bits per heavy atom. The van der Waals surface area contributed by atoms with E-state index in [0.29, 0.717) is 16.1 Å². The molecule has 0 fully saturated rings. The van der Waals surface area contributed by atoms with Gasteiger partial charge in [0, 0.05) is 28.6 Å². The highest BCUT2D eigenvalue weighted by atomic mass is 35.5. The minimum Gasteiger partial charge on any atom is -0.466 e. The predicted molar refractivity (Wildman–Crippen MR) is 93.4 cm³/mol. The summed E-state index contributed by atoms with van der Waals surface area (Å²) in [6, 6.07) is 12.2. The second-order valence-electron chi connectivity index (χ2n) is 5.31. The third-order valence-corrected chi connectivity index (χ3v) is 4.17. The molecule has 0 unspecified atom stereocenters. The van der Waals surface area contributed by atoms with Gasteiger partial charge in [-0.05, 0) is 29.3 Å². The van der Waals surface area contributed by atoms with Crippen LogP contribution in [0, 0.1) is 10.1 Å². The maximum absolute atomic E-state index is 12.0. The quantitative estimate of drug-likeness (QED) is 0.366. The van der Waals surface area contributed by atoms with Gasteiger partial charge in [-0.2, -0.15) is 0 Å². The maximum atomic E-state index is 12.0. The molecule has 25 heavy (non-hydrogen) atoms. The molecule has 0 bridgehead atoms. The summed E-state index contributed by atoms with van der Waals surface area (Å²) in [4.78, 5) is 22.2. The molecule has 6 nitrogen and oxygen atoms in total. The highest BCUT2D eigenvalue weighted by Crippen LogP contribution is 2.40. The number of halogens is 1. The minimum atomic E-state index is -1.19. The lowest BCUT2D eigenvalue weighted by molar-refractivity contribution is -0.384. The number of ether oxygens (including phenoxy) is 1. The van der Waals surface area contributed by atoms with E-state index in [4.69, 9.17) is 16.3 Å². The van der Waals surface area contributed by atoms with Crippen molar-refractivity contribution in [1.29, 1.82) is 0 Å². The summed E-state index contributed by atoms with van der Waals surface area (Å²) in [5, 5.41) is 21.9. The van der Waals surface area contributed by atoms with Gasteiger partial charge in [0.05, 0.1) is 18.1 Å². The van der Waals surface area contributed by atoms with Gasteiger partial charge in [0.15, 0.2) is 0 Å². The minimum absolute atomic E-state index is 0.0291. The van der Waals surface area contributed by atoms with Crippen LogP contribution in [-0.4, -0.2) is 23.1 Å². The number of hydrogen-bond donors (Lipinski definition) is 1. The number of carbonyl (C=O) groups is 1. The molecule has 2 atom stereocenters. The third-order valence-electron chi connectivity index (χ3n) is 3.82.